The summed E-state index contributed by atoms with van der Waals surface area (Å²) in [7, 11) is 0. The van der Waals surface area contributed by atoms with Gasteiger partial charge in [-0.3, -0.25) is 4.79 Å². The Morgan fingerprint density at radius 2 is 1.50 bits per heavy atom. The van der Waals surface area contributed by atoms with E-state index >= 15 is 0 Å². The highest BCUT2D eigenvalue weighted by Crippen LogP contribution is 2.42. The minimum atomic E-state index is -2.01. The van der Waals surface area contributed by atoms with Gasteiger partial charge >= 0.3 is 5.97 Å². The number of carboxylic acids is 1. The summed E-state index contributed by atoms with van der Waals surface area (Å²) < 4.78 is 22.4. The highest BCUT2D eigenvalue weighted by atomic mass is 16.7. The molecule has 10 atom stereocenters. The summed E-state index contributed by atoms with van der Waals surface area (Å²) in [5, 5.41) is 90.9. The molecule has 2 fully saturated rings. The van der Waals surface area contributed by atoms with E-state index in [4.69, 9.17) is 18.6 Å². The van der Waals surface area contributed by atoms with Crippen LogP contribution in [0.2, 0.25) is 0 Å². The van der Waals surface area contributed by atoms with E-state index in [0.29, 0.717) is 5.56 Å². The number of aromatic hydroxyl groups is 1. The van der Waals surface area contributed by atoms with Crippen molar-refractivity contribution in [1.82, 2.24) is 0 Å². The highest BCUT2D eigenvalue weighted by Gasteiger charge is 2.50. The van der Waals surface area contributed by atoms with Crippen molar-refractivity contribution in [3.05, 3.63) is 58.4 Å². The summed E-state index contributed by atoms with van der Waals surface area (Å²) in [5.41, 5.74) is -0.586. The second kappa shape index (κ2) is 11.6. The van der Waals surface area contributed by atoms with Crippen LogP contribution in [0.3, 0.4) is 0 Å². The first kappa shape index (κ1) is 29.8. The van der Waals surface area contributed by atoms with Gasteiger partial charge in [-0.05, 0) is 29.8 Å². The molecule has 15 nitrogen and oxygen atoms in total. The van der Waals surface area contributed by atoms with Crippen LogP contribution in [0.25, 0.3) is 22.1 Å². The smallest absolute Gasteiger partial charge is 0.335 e. The van der Waals surface area contributed by atoms with Crippen LogP contribution in [0, 0.1) is 0 Å². The minimum absolute atomic E-state index is 0.0366. The number of carboxylic acid groups (broad SMARTS) is 1. The number of aliphatic hydroxyl groups is 7. The summed E-state index contributed by atoms with van der Waals surface area (Å²) >= 11 is 0. The number of rotatable bonds is 6. The van der Waals surface area contributed by atoms with Crippen LogP contribution >= 0.6 is 0 Å². The molecule has 0 aliphatic carbocycles. The minimum Gasteiger partial charge on any atom is -0.508 e. The first-order chi connectivity index (χ1) is 19.9. The van der Waals surface area contributed by atoms with Crippen molar-refractivity contribution in [2.45, 2.75) is 61.2 Å². The van der Waals surface area contributed by atoms with Gasteiger partial charge in [-0.15, -0.1) is 0 Å². The van der Waals surface area contributed by atoms with Gasteiger partial charge in [0.15, 0.2) is 6.10 Å². The second-order valence-corrected chi connectivity index (χ2v) is 9.98. The van der Waals surface area contributed by atoms with Gasteiger partial charge in [-0.2, -0.15) is 0 Å². The molecule has 3 heterocycles. The number of aliphatic hydroxyl groups excluding tert-OH is 7. The maximum absolute atomic E-state index is 13.5. The number of ether oxygens (including phenoxy) is 3. The third kappa shape index (κ3) is 5.11. The van der Waals surface area contributed by atoms with Crippen LogP contribution in [0.15, 0.2) is 51.9 Å². The van der Waals surface area contributed by atoms with Gasteiger partial charge in [0.25, 0.3) is 0 Å². The van der Waals surface area contributed by atoms with Crippen molar-refractivity contribution in [1.29, 1.82) is 0 Å². The second-order valence-electron chi connectivity index (χ2n) is 9.98. The number of carbonyl (C=O) groups is 1. The number of fused-ring (bicyclic) bond motifs is 1. The maximum atomic E-state index is 13.5. The van der Waals surface area contributed by atoms with E-state index in [1.165, 1.54) is 36.4 Å². The van der Waals surface area contributed by atoms with E-state index in [0.717, 1.165) is 6.26 Å². The zero-order valence-electron chi connectivity index (χ0n) is 21.5. The van der Waals surface area contributed by atoms with Crippen molar-refractivity contribution in [2.75, 3.05) is 6.61 Å². The molecule has 2 aliphatic rings. The number of phenols is 1. The Morgan fingerprint density at radius 3 is 2.14 bits per heavy atom. The van der Waals surface area contributed by atoms with Crippen molar-refractivity contribution in [3.8, 4) is 22.6 Å². The van der Waals surface area contributed by atoms with E-state index in [1.807, 2.05) is 0 Å². The largest absolute Gasteiger partial charge is 0.508 e. The van der Waals surface area contributed by atoms with Crippen LogP contribution in [-0.2, 0) is 14.3 Å². The van der Waals surface area contributed by atoms with E-state index in [2.05, 4.69) is 0 Å². The molecule has 0 amide bonds. The molecular weight excluding hydrogens is 564 g/mol. The average Bonchev–Trinajstić information content (AvgIpc) is 2.97. The number of hydrogen-bond donors (Lipinski definition) is 9. The van der Waals surface area contributed by atoms with Crippen molar-refractivity contribution in [2.24, 2.45) is 0 Å². The normalized spacial score (nSPS) is 33.4. The monoisotopic (exact) mass is 592 g/mol. The Balaban J connectivity index is 1.66. The van der Waals surface area contributed by atoms with Gasteiger partial charge in [0.1, 0.15) is 72.2 Å². The molecule has 0 spiro atoms. The Hall–Kier alpha value is -3.64. The highest BCUT2D eigenvalue weighted by molar-refractivity contribution is 5.86. The van der Waals surface area contributed by atoms with Crippen molar-refractivity contribution in [3.63, 3.8) is 0 Å². The van der Waals surface area contributed by atoms with Crippen LogP contribution in [0.5, 0.6) is 11.5 Å². The van der Waals surface area contributed by atoms with E-state index in [1.54, 1.807) is 0 Å². The first-order valence-corrected chi connectivity index (χ1v) is 12.7. The molecule has 3 aromatic rings. The first-order valence-electron chi connectivity index (χ1n) is 12.7. The Kier molecular flexibility index (Phi) is 8.21. The molecule has 5 rings (SSSR count). The number of phenolic OH excluding ortho intramolecular Hbond substituents is 1. The molecule has 1 aromatic heterocycles. The zero-order valence-corrected chi connectivity index (χ0v) is 21.5. The number of aliphatic carboxylic acids is 1. The molecule has 2 aromatic carbocycles. The van der Waals surface area contributed by atoms with Crippen molar-refractivity contribution >= 4 is 16.9 Å². The lowest BCUT2D eigenvalue weighted by Crippen LogP contribution is -2.61. The zero-order chi connectivity index (χ0) is 30.5. The molecule has 15 heteroatoms. The number of hydrogen-bond acceptors (Lipinski definition) is 14. The molecule has 9 N–H and O–H groups in total. The SMILES string of the molecule is O=C(O)C1OC(Oc2ccc3c(=O)c(-c4ccc(O)cc4)coc3c2C2OC(CO)C(O)C(O)C2O)C(O)C(O)C1O. The van der Waals surface area contributed by atoms with E-state index < -0.39 is 79.2 Å². The topological polar surface area (TPSA) is 257 Å². The lowest BCUT2D eigenvalue weighted by molar-refractivity contribution is -0.271. The Bertz CT molecular complexity index is 1500. The summed E-state index contributed by atoms with van der Waals surface area (Å²) in [6.45, 7) is -0.786. The fourth-order valence-electron chi connectivity index (χ4n) is 5.03. The lowest BCUT2D eigenvalue weighted by atomic mass is 9.89. The van der Waals surface area contributed by atoms with Gasteiger partial charge in [-0.1, -0.05) is 12.1 Å². The lowest BCUT2D eigenvalue weighted by Gasteiger charge is -2.41. The van der Waals surface area contributed by atoms with Gasteiger partial charge in [0.05, 0.1) is 23.1 Å². The van der Waals surface area contributed by atoms with Gasteiger partial charge in [0.2, 0.25) is 11.7 Å². The summed E-state index contributed by atoms with van der Waals surface area (Å²) in [6.07, 6.45) is -17.3. The predicted molar refractivity (Wildman–Crippen MR) is 137 cm³/mol. The predicted octanol–water partition coefficient (Wildman–Crippen LogP) is -2.05. The third-order valence-electron chi connectivity index (χ3n) is 7.35. The molecule has 42 heavy (non-hydrogen) atoms. The summed E-state index contributed by atoms with van der Waals surface area (Å²) in [4.78, 5) is 25.1. The molecule has 0 saturated carbocycles. The van der Waals surface area contributed by atoms with Gasteiger partial charge < -0.3 is 64.6 Å². The fourth-order valence-corrected chi connectivity index (χ4v) is 5.03. The molecule has 2 saturated heterocycles. The van der Waals surface area contributed by atoms with Crippen LogP contribution < -0.4 is 10.2 Å². The van der Waals surface area contributed by atoms with Crippen LogP contribution in [-0.4, -0.2) is 114 Å². The van der Waals surface area contributed by atoms with Gasteiger partial charge in [0, 0.05) is 0 Å². The fraction of sp³-hybridized carbons (Fsp3) is 0.407. The van der Waals surface area contributed by atoms with Gasteiger partial charge in [-0.25, -0.2) is 4.79 Å². The Labute approximate surface area is 235 Å². The molecular formula is C27H28O15. The summed E-state index contributed by atoms with van der Waals surface area (Å²) in [5.74, 6) is -2.03. The summed E-state index contributed by atoms with van der Waals surface area (Å²) in [6, 6.07) is 8.11. The van der Waals surface area contributed by atoms with E-state index in [-0.39, 0.29) is 33.6 Å². The maximum Gasteiger partial charge on any atom is 0.335 e. The third-order valence-corrected chi connectivity index (χ3v) is 7.35. The molecule has 2 aliphatic heterocycles. The standard InChI is InChI=1S/C27H28O15/c28-7-14-17(31)18(32)20(34)24(40-14)15-13(41-27-22(36)19(33)21(35)25(42-27)26(37)38)6-5-11-16(30)12(8-39-23(11)15)9-1-3-10(29)4-2-9/h1-6,8,14,17-22,24-25,27-29,31-36H,7H2,(H,37,38). The molecule has 0 radical (unpaired) electrons. The van der Waals surface area contributed by atoms with Crippen LogP contribution in [0.1, 0.15) is 11.7 Å². The van der Waals surface area contributed by atoms with Crippen molar-refractivity contribution < 1.29 is 69.4 Å². The molecule has 10 unspecified atom stereocenters. The quantitative estimate of drug-likeness (QED) is 0.149. The molecule has 0 bridgehead atoms. The van der Waals surface area contributed by atoms with Crippen LogP contribution in [0.4, 0.5) is 0 Å². The van der Waals surface area contributed by atoms with E-state index in [9.17, 15) is 55.5 Å². The number of benzene rings is 2. The Morgan fingerprint density at radius 1 is 0.833 bits per heavy atom. The average molecular weight is 593 g/mol. The molecule has 226 valence electrons.